The molecule has 1 saturated heterocycles. The zero-order valence-corrected chi connectivity index (χ0v) is 19.1. The highest BCUT2D eigenvalue weighted by atomic mass is 32.2. The van der Waals surface area contributed by atoms with E-state index in [0.717, 1.165) is 67.0 Å². The van der Waals surface area contributed by atoms with Crippen LogP contribution < -0.4 is 10.6 Å². The second-order valence-electron chi connectivity index (χ2n) is 8.35. The van der Waals surface area contributed by atoms with Gasteiger partial charge in [-0.2, -0.15) is 11.8 Å². The zero-order chi connectivity index (χ0) is 21.8. The van der Waals surface area contributed by atoms with Crippen LogP contribution in [0.2, 0.25) is 0 Å². The fourth-order valence-corrected chi connectivity index (χ4v) is 5.39. The second kappa shape index (κ2) is 9.94. The van der Waals surface area contributed by atoms with E-state index in [9.17, 15) is 9.18 Å². The Kier molecular flexibility index (Phi) is 7.05. The van der Waals surface area contributed by atoms with Gasteiger partial charge in [-0.25, -0.2) is 4.39 Å². The molecule has 1 aromatic carbocycles. The van der Waals surface area contributed by atoms with Crippen LogP contribution >= 0.6 is 11.8 Å². The summed E-state index contributed by atoms with van der Waals surface area (Å²) in [7, 11) is 1.75. The van der Waals surface area contributed by atoms with Crippen molar-refractivity contribution in [3.63, 3.8) is 0 Å². The van der Waals surface area contributed by atoms with Crippen molar-refractivity contribution < 1.29 is 13.6 Å². The topological polar surface area (TPSA) is 69.9 Å². The SMILES string of the molecule is CN=C(NCc1oc2ccc(F)cc2c1C)NC1CCC(C(=O)N2CCSCC2)CC1. The highest BCUT2D eigenvalue weighted by Gasteiger charge is 2.30. The Morgan fingerprint density at radius 1 is 1.26 bits per heavy atom. The van der Waals surface area contributed by atoms with Gasteiger partial charge in [-0.1, -0.05) is 0 Å². The lowest BCUT2D eigenvalue weighted by atomic mass is 9.85. The minimum absolute atomic E-state index is 0.162. The number of hydrogen-bond acceptors (Lipinski definition) is 4. The smallest absolute Gasteiger partial charge is 0.225 e. The molecule has 4 rings (SSSR count). The number of benzene rings is 1. The molecular formula is C23H31FN4O2S. The fraction of sp³-hybridized carbons (Fsp3) is 0.565. The number of aliphatic imine (C=N–C) groups is 1. The van der Waals surface area contributed by atoms with Crippen molar-refractivity contribution in [2.24, 2.45) is 10.9 Å². The molecule has 2 heterocycles. The van der Waals surface area contributed by atoms with Crippen molar-refractivity contribution in [3.05, 3.63) is 35.3 Å². The van der Waals surface area contributed by atoms with E-state index in [1.165, 1.54) is 12.1 Å². The Bertz CT molecular complexity index is 946. The number of thioether (sulfide) groups is 1. The number of guanidine groups is 1. The van der Waals surface area contributed by atoms with E-state index in [-0.39, 0.29) is 11.7 Å². The summed E-state index contributed by atoms with van der Waals surface area (Å²) >= 11 is 1.93. The van der Waals surface area contributed by atoms with E-state index in [1.807, 2.05) is 18.7 Å². The minimum atomic E-state index is -0.262. The molecule has 2 fully saturated rings. The maximum atomic E-state index is 13.5. The van der Waals surface area contributed by atoms with Crippen molar-refractivity contribution in [2.45, 2.75) is 45.2 Å². The van der Waals surface area contributed by atoms with E-state index in [4.69, 9.17) is 4.42 Å². The van der Waals surface area contributed by atoms with E-state index < -0.39 is 0 Å². The molecule has 31 heavy (non-hydrogen) atoms. The third-order valence-corrected chi connectivity index (χ3v) is 7.32. The van der Waals surface area contributed by atoms with Crippen molar-refractivity contribution >= 4 is 34.6 Å². The number of halogens is 1. The lowest BCUT2D eigenvalue weighted by molar-refractivity contribution is -0.136. The van der Waals surface area contributed by atoms with Gasteiger partial charge in [0, 0.05) is 54.6 Å². The summed E-state index contributed by atoms with van der Waals surface area (Å²) in [5, 5.41) is 7.60. The summed E-state index contributed by atoms with van der Waals surface area (Å²) in [6.45, 7) is 4.21. The number of hydrogen-bond donors (Lipinski definition) is 2. The van der Waals surface area contributed by atoms with Gasteiger partial charge in [-0.15, -0.1) is 0 Å². The summed E-state index contributed by atoms with van der Waals surface area (Å²) < 4.78 is 19.4. The van der Waals surface area contributed by atoms with Crippen molar-refractivity contribution in [3.8, 4) is 0 Å². The first kappa shape index (κ1) is 22.0. The van der Waals surface area contributed by atoms with Crippen LogP contribution in [-0.4, -0.2) is 54.5 Å². The van der Waals surface area contributed by atoms with Gasteiger partial charge in [0.2, 0.25) is 5.91 Å². The number of aryl methyl sites for hydroxylation is 1. The monoisotopic (exact) mass is 446 g/mol. The average molecular weight is 447 g/mol. The lowest BCUT2D eigenvalue weighted by Crippen LogP contribution is -2.47. The van der Waals surface area contributed by atoms with Gasteiger partial charge in [0.15, 0.2) is 5.96 Å². The van der Waals surface area contributed by atoms with Crippen LogP contribution in [0.4, 0.5) is 4.39 Å². The Hall–Kier alpha value is -2.22. The number of carbonyl (C=O) groups excluding carboxylic acids is 1. The molecule has 8 heteroatoms. The highest BCUT2D eigenvalue weighted by Crippen LogP contribution is 2.28. The van der Waals surface area contributed by atoms with Crippen LogP contribution in [0.3, 0.4) is 0 Å². The molecule has 2 aromatic rings. The molecule has 168 valence electrons. The van der Waals surface area contributed by atoms with E-state index in [2.05, 4.69) is 20.5 Å². The van der Waals surface area contributed by atoms with Crippen LogP contribution in [0.15, 0.2) is 27.6 Å². The number of furan rings is 1. The molecule has 0 spiro atoms. The minimum Gasteiger partial charge on any atom is -0.459 e. The average Bonchev–Trinajstić information content (AvgIpc) is 3.12. The predicted octanol–water partition coefficient (Wildman–Crippen LogP) is 3.68. The number of rotatable bonds is 4. The van der Waals surface area contributed by atoms with Crippen LogP contribution in [0.5, 0.6) is 0 Å². The first-order valence-electron chi connectivity index (χ1n) is 11.1. The number of nitrogens with one attached hydrogen (secondary N) is 2. The normalized spacial score (nSPS) is 22.5. The molecule has 1 aliphatic heterocycles. The summed E-state index contributed by atoms with van der Waals surface area (Å²) in [6.07, 6.45) is 3.77. The molecule has 1 aliphatic carbocycles. The van der Waals surface area contributed by atoms with Gasteiger partial charge in [0.05, 0.1) is 6.54 Å². The molecule has 1 aromatic heterocycles. The molecule has 2 aliphatic rings. The van der Waals surface area contributed by atoms with Gasteiger partial charge in [-0.05, 0) is 50.8 Å². The van der Waals surface area contributed by atoms with Gasteiger partial charge in [0.25, 0.3) is 0 Å². The van der Waals surface area contributed by atoms with Crippen LogP contribution in [0, 0.1) is 18.7 Å². The van der Waals surface area contributed by atoms with Crippen LogP contribution in [0.1, 0.15) is 37.0 Å². The third-order valence-electron chi connectivity index (χ3n) is 6.38. The Labute approximate surface area is 187 Å². The molecule has 0 unspecified atom stereocenters. The summed E-state index contributed by atoms with van der Waals surface area (Å²) in [5.41, 5.74) is 1.63. The Balaban J connectivity index is 1.27. The molecule has 0 atom stereocenters. The van der Waals surface area contributed by atoms with Gasteiger partial charge >= 0.3 is 0 Å². The standard InChI is InChI=1S/C23H31FN4O2S/c1-15-19-13-17(24)5-8-20(19)30-21(15)14-26-23(25-2)27-18-6-3-16(4-7-18)22(29)28-9-11-31-12-10-28/h5,8,13,16,18H,3-4,6-7,9-12,14H2,1-2H3,(H2,25,26,27). The van der Waals surface area contributed by atoms with Gasteiger partial charge < -0.3 is 20.0 Å². The zero-order valence-electron chi connectivity index (χ0n) is 18.2. The van der Waals surface area contributed by atoms with Crippen LogP contribution in [-0.2, 0) is 11.3 Å². The molecule has 2 N–H and O–H groups in total. The molecular weight excluding hydrogens is 415 g/mol. The molecule has 1 amide bonds. The third kappa shape index (κ3) is 5.17. The predicted molar refractivity (Wildman–Crippen MR) is 124 cm³/mol. The van der Waals surface area contributed by atoms with E-state index >= 15 is 0 Å². The number of nitrogens with zero attached hydrogens (tertiary/aromatic N) is 2. The van der Waals surface area contributed by atoms with Gasteiger partial charge in [0.1, 0.15) is 17.2 Å². The Morgan fingerprint density at radius 3 is 2.71 bits per heavy atom. The maximum absolute atomic E-state index is 13.5. The van der Waals surface area contributed by atoms with E-state index in [1.54, 1.807) is 13.1 Å². The number of fused-ring (bicyclic) bond motifs is 1. The molecule has 1 saturated carbocycles. The summed E-state index contributed by atoms with van der Waals surface area (Å²) in [6, 6.07) is 4.89. The fourth-order valence-electron chi connectivity index (χ4n) is 4.49. The first-order chi connectivity index (χ1) is 15.0. The summed E-state index contributed by atoms with van der Waals surface area (Å²) in [5.74, 6) is 3.86. The van der Waals surface area contributed by atoms with Crippen molar-refractivity contribution in [2.75, 3.05) is 31.6 Å². The quantitative estimate of drug-likeness (QED) is 0.554. The lowest BCUT2D eigenvalue weighted by Gasteiger charge is -2.34. The second-order valence-corrected chi connectivity index (χ2v) is 9.57. The van der Waals surface area contributed by atoms with E-state index in [0.29, 0.717) is 30.0 Å². The number of amides is 1. The molecule has 0 radical (unpaired) electrons. The highest BCUT2D eigenvalue weighted by molar-refractivity contribution is 7.99. The summed E-state index contributed by atoms with van der Waals surface area (Å²) in [4.78, 5) is 19.1. The van der Waals surface area contributed by atoms with Crippen molar-refractivity contribution in [1.82, 2.24) is 15.5 Å². The maximum Gasteiger partial charge on any atom is 0.225 e. The largest absolute Gasteiger partial charge is 0.459 e. The number of carbonyl (C=O) groups is 1. The first-order valence-corrected chi connectivity index (χ1v) is 12.2. The molecule has 0 bridgehead atoms. The van der Waals surface area contributed by atoms with Crippen LogP contribution in [0.25, 0.3) is 11.0 Å². The van der Waals surface area contributed by atoms with Gasteiger partial charge in [-0.3, -0.25) is 9.79 Å². The Morgan fingerprint density at radius 2 is 2.00 bits per heavy atom. The molecule has 6 nitrogen and oxygen atoms in total. The van der Waals surface area contributed by atoms with Crippen molar-refractivity contribution in [1.29, 1.82) is 0 Å².